The Hall–Kier alpha value is -3.18. The number of sulfonamides is 1. The third-order valence-electron chi connectivity index (χ3n) is 4.91. The molecule has 0 bridgehead atoms. The van der Waals surface area contributed by atoms with E-state index in [0.29, 0.717) is 25.9 Å². The average molecular weight is 451 g/mol. The topological polar surface area (TPSA) is 128 Å². The Morgan fingerprint density at radius 3 is 2.26 bits per heavy atom. The van der Waals surface area contributed by atoms with Crippen molar-refractivity contribution in [1.29, 1.82) is 0 Å². The maximum atomic E-state index is 14.3. The van der Waals surface area contributed by atoms with E-state index in [4.69, 9.17) is 15.2 Å². The van der Waals surface area contributed by atoms with E-state index in [-0.39, 0.29) is 28.3 Å². The second kappa shape index (κ2) is 8.90. The Balaban J connectivity index is 1.97. The van der Waals surface area contributed by atoms with Crippen LogP contribution < -0.4 is 20.5 Å². The Morgan fingerprint density at radius 2 is 1.68 bits per heavy atom. The van der Waals surface area contributed by atoms with Gasteiger partial charge < -0.3 is 20.5 Å². The number of primary amides is 1. The van der Waals surface area contributed by atoms with E-state index in [1.165, 1.54) is 30.7 Å². The van der Waals surface area contributed by atoms with Crippen LogP contribution in [-0.2, 0) is 10.0 Å². The number of rotatable bonds is 7. The van der Waals surface area contributed by atoms with E-state index in [9.17, 15) is 22.4 Å². The molecule has 31 heavy (non-hydrogen) atoms. The molecule has 1 aliphatic heterocycles. The first-order chi connectivity index (χ1) is 14.7. The second-order valence-corrected chi connectivity index (χ2v) is 8.73. The lowest BCUT2D eigenvalue weighted by atomic mass is 10.1. The second-order valence-electron chi connectivity index (χ2n) is 6.83. The van der Waals surface area contributed by atoms with Crippen molar-refractivity contribution in [2.24, 2.45) is 5.73 Å². The normalized spacial score (nSPS) is 14.3. The summed E-state index contributed by atoms with van der Waals surface area (Å²) < 4.78 is 51.3. The predicted octanol–water partition coefficient (Wildman–Crippen LogP) is 1.98. The van der Waals surface area contributed by atoms with Gasteiger partial charge in [-0.05, 0) is 37.1 Å². The average Bonchev–Trinajstić information content (AvgIpc) is 3.29. The molecule has 166 valence electrons. The smallest absolute Gasteiger partial charge is 0.255 e. The number of ether oxygens (including phenoxy) is 2. The number of carbonyl (C=O) groups excluding carboxylic acids is 2. The van der Waals surface area contributed by atoms with Gasteiger partial charge in [-0.15, -0.1) is 0 Å². The van der Waals surface area contributed by atoms with E-state index in [1.54, 1.807) is 0 Å². The predicted molar refractivity (Wildman–Crippen MR) is 110 cm³/mol. The molecule has 1 saturated heterocycles. The third kappa shape index (κ3) is 4.47. The van der Waals surface area contributed by atoms with Crippen LogP contribution in [0.4, 0.5) is 10.1 Å². The monoisotopic (exact) mass is 451 g/mol. The fourth-order valence-electron chi connectivity index (χ4n) is 3.29. The lowest BCUT2D eigenvalue weighted by Gasteiger charge is -2.17. The lowest BCUT2D eigenvalue weighted by Crippen LogP contribution is -2.29. The number of carbonyl (C=O) groups is 2. The van der Waals surface area contributed by atoms with Crippen molar-refractivity contribution in [2.75, 3.05) is 32.6 Å². The molecule has 2 aromatic rings. The molecule has 2 aromatic carbocycles. The standard InChI is InChI=1S/C20H22FN3O6S/c1-29-16-10-13(19(22)25)15(11-17(16)30-2)23-20(26)12-5-6-14(21)18(9-12)31(27,28)24-7-3-4-8-24/h5-6,9-11H,3-4,7-8H2,1-2H3,(H2,22,25)(H,23,26). The van der Waals surface area contributed by atoms with Gasteiger partial charge in [-0.3, -0.25) is 9.59 Å². The Bertz CT molecular complexity index is 1130. The van der Waals surface area contributed by atoms with E-state index >= 15 is 0 Å². The summed E-state index contributed by atoms with van der Waals surface area (Å²) in [5.41, 5.74) is 5.27. The highest BCUT2D eigenvalue weighted by Gasteiger charge is 2.30. The molecular formula is C20H22FN3O6S. The zero-order valence-corrected chi connectivity index (χ0v) is 17.8. The van der Waals surface area contributed by atoms with Gasteiger partial charge in [0.05, 0.1) is 25.5 Å². The number of benzene rings is 2. The molecule has 0 spiro atoms. The first kappa shape index (κ1) is 22.5. The minimum Gasteiger partial charge on any atom is -0.493 e. The molecule has 1 aliphatic rings. The third-order valence-corrected chi connectivity index (χ3v) is 6.83. The van der Waals surface area contributed by atoms with Crippen LogP contribution >= 0.6 is 0 Å². The van der Waals surface area contributed by atoms with Crippen molar-refractivity contribution >= 4 is 27.5 Å². The van der Waals surface area contributed by atoms with E-state index in [2.05, 4.69) is 5.32 Å². The summed E-state index contributed by atoms with van der Waals surface area (Å²) in [6.07, 6.45) is 1.38. The Morgan fingerprint density at radius 1 is 1.06 bits per heavy atom. The van der Waals surface area contributed by atoms with Crippen LogP contribution in [0, 0.1) is 5.82 Å². The number of nitrogens with two attached hydrogens (primary N) is 1. The van der Waals surface area contributed by atoms with Crippen molar-refractivity contribution in [3.63, 3.8) is 0 Å². The lowest BCUT2D eigenvalue weighted by molar-refractivity contribution is 0.100. The van der Waals surface area contributed by atoms with Gasteiger partial charge in [0.25, 0.3) is 11.8 Å². The molecule has 3 N–H and O–H groups in total. The fraction of sp³-hybridized carbons (Fsp3) is 0.300. The highest BCUT2D eigenvalue weighted by Crippen LogP contribution is 2.33. The Labute approximate surface area is 179 Å². The quantitative estimate of drug-likeness (QED) is 0.663. The molecule has 0 atom stereocenters. The van der Waals surface area contributed by atoms with Gasteiger partial charge in [-0.2, -0.15) is 4.31 Å². The maximum absolute atomic E-state index is 14.3. The first-order valence-corrected chi connectivity index (χ1v) is 10.8. The maximum Gasteiger partial charge on any atom is 0.255 e. The van der Waals surface area contributed by atoms with Gasteiger partial charge >= 0.3 is 0 Å². The van der Waals surface area contributed by atoms with Crippen LogP contribution in [-0.4, -0.2) is 51.8 Å². The largest absolute Gasteiger partial charge is 0.493 e. The molecular weight excluding hydrogens is 429 g/mol. The molecule has 0 unspecified atom stereocenters. The highest BCUT2D eigenvalue weighted by atomic mass is 32.2. The van der Waals surface area contributed by atoms with Crippen molar-refractivity contribution in [2.45, 2.75) is 17.7 Å². The van der Waals surface area contributed by atoms with Crippen LogP contribution in [0.2, 0.25) is 0 Å². The summed E-state index contributed by atoms with van der Waals surface area (Å²) in [7, 11) is -1.32. The molecule has 0 radical (unpaired) electrons. The summed E-state index contributed by atoms with van der Waals surface area (Å²) >= 11 is 0. The van der Waals surface area contributed by atoms with Crippen molar-refractivity contribution < 1.29 is 31.9 Å². The van der Waals surface area contributed by atoms with Gasteiger partial charge in [0, 0.05) is 24.7 Å². The van der Waals surface area contributed by atoms with E-state index in [1.807, 2.05) is 0 Å². The van der Waals surface area contributed by atoms with Crippen LogP contribution in [0.3, 0.4) is 0 Å². The van der Waals surface area contributed by atoms with Gasteiger partial charge in [0.2, 0.25) is 10.0 Å². The minimum absolute atomic E-state index is 0.0309. The number of hydrogen-bond acceptors (Lipinski definition) is 6. The molecule has 0 aliphatic carbocycles. The van der Waals surface area contributed by atoms with Gasteiger partial charge in [-0.25, -0.2) is 12.8 Å². The number of hydrogen-bond donors (Lipinski definition) is 2. The molecule has 0 aromatic heterocycles. The molecule has 2 amide bonds. The molecule has 1 fully saturated rings. The van der Waals surface area contributed by atoms with Gasteiger partial charge in [0.1, 0.15) is 10.7 Å². The summed E-state index contributed by atoms with van der Waals surface area (Å²) in [4.78, 5) is 24.0. The number of nitrogens with zero attached hydrogens (tertiary/aromatic N) is 1. The molecule has 9 nitrogen and oxygen atoms in total. The number of anilines is 1. The highest BCUT2D eigenvalue weighted by molar-refractivity contribution is 7.89. The van der Waals surface area contributed by atoms with Crippen LogP contribution in [0.25, 0.3) is 0 Å². The fourth-order valence-corrected chi connectivity index (χ4v) is 4.90. The van der Waals surface area contributed by atoms with Crippen molar-refractivity contribution in [3.8, 4) is 11.5 Å². The number of amides is 2. The van der Waals surface area contributed by atoms with Gasteiger partial charge in [0.15, 0.2) is 11.5 Å². The zero-order valence-electron chi connectivity index (χ0n) is 17.0. The number of nitrogens with one attached hydrogen (secondary N) is 1. The van der Waals surface area contributed by atoms with Crippen molar-refractivity contribution in [3.05, 3.63) is 47.3 Å². The number of halogens is 1. The van der Waals surface area contributed by atoms with E-state index in [0.717, 1.165) is 18.2 Å². The minimum atomic E-state index is -4.07. The summed E-state index contributed by atoms with van der Waals surface area (Å²) in [6.45, 7) is 0.595. The zero-order chi connectivity index (χ0) is 22.8. The molecule has 1 heterocycles. The molecule has 0 saturated carbocycles. The van der Waals surface area contributed by atoms with E-state index < -0.39 is 32.6 Å². The van der Waals surface area contributed by atoms with Gasteiger partial charge in [-0.1, -0.05) is 0 Å². The molecule has 3 rings (SSSR count). The molecule has 11 heteroatoms. The summed E-state index contributed by atoms with van der Waals surface area (Å²) in [6, 6.07) is 5.70. The summed E-state index contributed by atoms with van der Waals surface area (Å²) in [5.74, 6) is -2.07. The SMILES string of the molecule is COc1cc(NC(=O)c2ccc(F)c(S(=O)(=O)N3CCCC3)c2)c(C(N)=O)cc1OC. The first-order valence-electron chi connectivity index (χ1n) is 9.36. The Kier molecular flexibility index (Phi) is 6.46. The summed E-state index contributed by atoms with van der Waals surface area (Å²) in [5, 5.41) is 2.50. The van der Waals surface area contributed by atoms with Crippen LogP contribution in [0.1, 0.15) is 33.6 Å². The van der Waals surface area contributed by atoms with Crippen LogP contribution in [0.5, 0.6) is 11.5 Å². The van der Waals surface area contributed by atoms with Crippen LogP contribution in [0.15, 0.2) is 35.2 Å². The van der Waals surface area contributed by atoms with Crippen molar-refractivity contribution in [1.82, 2.24) is 4.31 Å². The number of methoxy groups -OCH3 is 2.